The van der Waals surface area contributed by atoms with Crippen LogP contribution in [0.4, 0.5) is 0 Å². The van der Waals surface area contributed by atoms with Crippen molar-refractivity contribution in [2.24, 2.45) is 0 Å². The Morgan fingerprint density at radius 2 is 2.00 bits per heavy atom. The zero-order valence-corrected chi connectivity index (χ0v) is 13.5. The molecule has 1 heterocycles. The molecule has 2 aromatic carbocycles. The van der Waals surface area contributed by atoms with Crippen molar-refractivity contribution in [3.05, 3.63) is 75.6 Å². The number of hydrogen-bond donors (Lipinski definition) is 1. The van der Waals surface area contributed by atoms with Crippen LogP contribution >= 0.6 is 0 Å². The Morgan fingerprint density at radius 3 is 2.79 bits per heavy atom. The molecule has 0 bridgehead atoms. The Kier molecular flexibility index (Phi) is 4.33. The summed E-state index contributed by atoms with van der Waals surface area (Å²) < 4.78 is 10.3. The van der Waals surface area contributed by atoms with Crippen LogP contribution in [0.25, 0.3) is 11.0 Å². The molecule has 5 heteroatoms. The van der Waals surface area contributed by atoms with Crippen LogP contribution in [0.5, 0.6) is 5.75 Å². The number of carbonyl (C=O) groups is 1. The fourth-order valence-corrected chi connectivity index (χ4v) is 2.53. The summed E-state index contributed by atoms with van der Waals surface area (Å²) in [5.41, 5.74) is 2.31. The predicted molar refractivity (Wildman–Crippen MR) is 91.4 cm³/mol. The van der Waals surface area contributed by atoms with Gasteiger partial charge in [0.15, 0.2) is 0 Å². The smallest absolute Gasteiger partial charge is 0.336 e. The van der Waals surface area contributed by atoms with E-state index < -0.39 is 5.63 Å². The Bertz CT molecular complexity index is 959. The van der Waals surface area contributed by atoms with E-state index in [2.05, 4.69) is 5.32 Å². The van der Waals surface area contributed by atoms with Crippen molar-refractivity contribution in [1.29, 1.82) is 0 Å². The molecule has 3 rings (SSSR count). The third-order valence-electron chi connectivity index (χ3n) is 3.76. The standard InChI is InChI=1S/C19H17NO4/c1-12-6-7-16-14(10-18(21)24-17(16)8-12)11-20-19(22)13-4-3-5-15(9-13)23-2/h3-10H,11H2,1-2H3,(H,20,22). The number of rotatable bonds is 4. The summed E-state index contributed by atoms with van der Waals surface area (Å²) >= 11 is 0. The molecule has 0 atom stereocenters. The Balaban J connectivity index is 1.85. The van der Waals surface area contributed by atoms with E-state index >= 15 is 0 Å². The van der Waals surface area contributed by atoms with Gasteiger partial charge in [0.05, 0.1) is 7.11 Å². The molecule has 122 valence electrons. The number of hydrogen-bond acceptors (Lipinski definition) is 4. The lowest BCUT2D eigenvalue weighted by Crippen LogP contribution is -2.23. The van der Waals surface area contributed by atoms with Crippen molar-refractivity contribution in [3.8, 4) is 5.75 Å². The van der Waals surface area contributed by atoms with Crippen LogP contribution in [0.3, 0.4) is 0 Å². The van der Waals surface area contributed by atoms with Gasteiger partial charge in [-0.05, 0) is 42.3 Å². The molecular formula is C19H17NO4. The number of ether oxygens (including phenoxy) is 1. The van der Waals surface area contributed by atoms with E-state index in [1.54, 1.807) is 31.4 Å². The number of carbonyl (C=O) groups excluding carboxylic acids is 1. The van der Waals surface area contributed by atoms with Gasteiger partial charge >= 0.3 is 5.63 Å². The largest absolute Gasteiger partial charge is 0.497 e. The van der Waals surface area contributed by atoms with E-state index in [-0.39, 0.29) is 12.5 Å². The first-order valence-corrected chi connectivity index (χ1v) is 7.52. The molecule has 3 aromatic rings. The maximum absolute atomic E-state index is 12.3. The summed E-state index contributed by atoms with van der Waals surface area (Å²) in [6.07, 6.45) is 0. The highest BCUT2D eigenvalue weighted by Crippen LogP contribution is 2.19. The average molecular weight is 323 g/mol. The minimum absolute atomic E-state index is 0.234. The van der Waals surface area contributed by atoms with Crippen LogP contribution in [0.2, 0.25) is 0 Å². The number of benzene rings is 2. The van der Waals surface area contributed by atoms with Crippen LogP contribution in [0, 0.1) is 6.92 Å². The first-order chi connectivity index (χ1) is 11.6. The third-order valence-corrected chi connectivity index (χ3v) is 3.76. The quantitative estimate of drug-likeness (QED) is 0.749. The Morgan fingerprint density at radius 1 is 1.17 bits per heavy atom. The summed E-state index contributed by atoms with van der Waals surface area (Å²) in [6.45, 7) is 2.16. The van der Waals surface area contributed by atoms with Crippen molar-refractivity contribution >= 4 is 16.9 Å². The molecule has 1 N–H and O–H groups in total. The third kappa shape index (κ3) is 3.30. The average Bonchev–Trinajstić information content (AvgIpc) is 2.58. The van der Waals surface area contributed by atoms with Gasteiger partial charge in [-0.3, -0.25) is 4.79 Å². The van der Waals surface area contributed by atoms with Crippen molar-refractivity contribution in [2.45, 2.75) is 13.5 Å². The van der Waals surface area contributed by atoms with Crippen LogP contribution < -0.4 is 15.7 Å². The number of methoxy groups -OCH3 is 1. The molecule has 0 aliphatic rings. The summed E-state index contributed by atoms with van der Waals surface area (Å²) in [6, 6.07) is 13.9. The second kappa shape index (κ2) is 6.58. The second-order valence-corrected chi connectivity index (χ2v) is 5.50. The van der Waals surface area contributed by atoms with E-state index in [0.717, 1.165) is 16.5 Å². The van der Waals surface area contributed by atoms with Gasteiger partial charge in [0, 0.05) is 23.6 Å². The number of amides is 1. The zero-order chi connectivity index (χ0) is 17.1. The maximum atomic E-state index is 12.3. The van der Waals surface area contributed by atoms with Gasteiger partial charge in [-0.25, -0.2) is 4.79 Å². The molecular weight excluding hydrogens is 306 g/mol. The van der Waals surface area contributed by atoms with Gasteiger partial charge in [-0.2, -0.15) is 0 Å². The number of nitrogens with one attached hydrogen (secondary N) is 1. The molecule has 0 fully saturated rings. The molecule has 24 heavy (non-hydrogen) atoms. The van der Waals surface area contributed by atoms with E-state index in [1.165, 1.54) is 6.07 Å². The minimum Gasteiger partial charge on any atom is -0.497 e. The first kappa shape index (κ1) is 15.8. The first-order valence-electron chi connectivity index (χ1n) is 7.52. The van der Waals surface area contributed by atoms with Crippen molar-refractivity contribution in [3.63, 3.8) is 0 Å². The molecule has 0 saturated carbocycles. The minimum atomic E-state index is -0.432. The van der Waals surface area contributed by atoms with Crippen LogP contribution in [0.1, 0.15) is 21.5 Å². The second-order valence-electron chi connectivity index (χ2n) is 5.50. The topological polar surface area (TPSA) is 68.5 Å². The van der Waals surface area contributed by atoms with Crippen LogP contribution in [0.15, 0.2) is 57.7 Å². The van der Waals surface area contributed by atoms with E-state index in [4.69, 9.17) is 9.15 Å². The molecule has 5 nitrogen and oxygen atoms in total. The fraction of sp³-hybridized carbons (Fsp3) is 0.158. The lowest BCUT2D eigenvalue weighted by molar-refractivity contribution is 0.0950. The van der Waals surface area contributed by atoms with Crippen LogP contribution in [-0.4, -0.2) is 13.0 Å². The predicted octanol–water partition coefficient (Wildman–Crippen LogP) is 3.04. The van der Waals surface area contributed by atoms with Gasteiger partial charge in [0.1, 0.15) is 11.3 Å². The summed E-state index contributed by atoms with van der Waals surface area (Å²) in [7, 11) is 1.55. The monoisotopic (exact) mass is 323 g/mol. The molecule has 0 aliphatic carbocycles. The highest BCUT2D eigenvalue weighted by Gasteiger charge is 2.10. The summed E-state index contributed by atoms with van der Waals surface area (Å²) in [5, 5.41) is 3.64. The van der Waals surface area contributed by atoms with E-state index in [0.29, 0.717) is 16.9 Å². The van der Waals surface area contributed by atoms with Crippen LogP contribution in [-0.2, 0) is 6.54 Å². The van der Waals surface area contributed by atoms with Gasteiger partial charge in [0.2, 0.25) is 0 Å². The van der Waals surface area contributed by atoms with Crippen molar-refractivity contribution in [2.75, 3.05) is 7.11 Å². The highest BCUT2D eigenvalue weighted by molar-refractivity contribution is 5.94. The molecule has 1 aromatic heterocycles. The zero-order valence-electron chi connectivity index (χ0n) is 13.5. The number of aryl methyl sites for hydroxylation is 1. The lowest BCUT2D eigenvalue weighted by Gasteiger charge is -2.09. The lowest BCUT2D eigenvalue weighted by atomic mass is 10.1. The van der Waals surface area contributed by atoms with Crippen molar-refractivity contribution in [1.82, 2.24) is 5.32 Å². The van der Waals surface area contributed by atoms with E-state index in [9.17, 15) is 9.59 Å². The molecule has 0 saturated heterocycles. The Labute approximate surface area is 138 Å². The van der Waals surface area contributed by atoms with Crippen molar-refractivity contribution < 1.29 is 13.9 Å². The van der Waals surface area contributed by atoms with Gasteiger partial charge in [-0.15, -0.1) is 0 Å². The molecule has 0 radical (unpaired) electrons. The Hall–Kier alpha value is -3.08. The normalized spacial score (nSPS) is 10.6. The molecule has 0 unspecified atom stereocenters. The maximum Gasteiger partial charge on any atom is 0.336 e. The highest BCUT2D eigenvalue weighted by atomic mass is 16.5. The SMILES string of the molecule is COc1cccc(C(=O)NCc2cc(=O)oc3cc(C)ccc23)c1. The molecule has 0 aliphatic heterocycles. The fourth-order valence-electron chi connectivity index (χ4n) is 2.53. The van der Waals surface area contributed by atoms with Gasteiger partial charge in [0.25, 0.3) is 5.91 Å². The van der Waals surface area contributed by atoms with E-state index in [1.807, 2.05) is 25.1 Å². The molecule has 1 amide bonds. The number of fused-ring (bicyclic) bond motifs is 1. The van der Waals surface area contributed by atoms with Gasteiger partial charge < -0.3 is 14.5 Å². The summed E-state index contributed by atoms with van der Waals surface area (Å²) in [4.78, 5) is 24.0. The molecule has 0 spiro atoms. The van der Waals surface area contributed by atoms with Gasteiger partial charge in [-0.1, -0.05) is 18.2 Å². The summed E-state index contributed by atoms with van der Waals surface area (Å²) in [5.74, 6) is 0.381.